The van der Waals surface area contributed by atoms with Crippen molar-refractivity contribution in [2.75, 3.05) is 0 Å². The quantitative estimate of drug-likeness (QED) is 0.883. The van der Waals surface area contributed by atoms with E-state index in [4.69, 9.17) is 16.3 Å². The SMILES string of the molecule is C[C@@H]1C[C@H](O)C[C@H](c2ccc(Cl)c(Cc3ccc(F)cc3)c2)O1. The Kier molecular flexibility index (Phi) is 5.00. The van der Waals surface area contributed by atoms with Crippen molar-refractivity contribution in [2.24, 2.45) is 0 Å². The monoisotopic (exact) mass is 334 g/mol. The molecule has 1 fully saturated rings. The summed E-state index contributed by atoms with van der Waals surface area (Å²) in [6.07, 6.45) is 1.50. The molecule has 1 heterocycles. The predicted octanol–water partition coefficient (Wildman–Crippen LogP) is 4.67. The Morgan fingerprint density at radius 3 is 2.61 bits per heavy atom. The zero-order valence-electron chi connectivity index (χ0n) is 13.0. The van der Waals surface area contributed by atoms with Crippen LogP contribution in [0.1, 0.15) is 42.6 Å². The molecular weight excluding hydrogens is 315 g/mol. The third-order valence-electron chi connectivity index (χ3n) is 4.24. The van der Waals surface area contributed by atoms with Crippen LogP contribution in [-0.4, -0.2) is 17.3 Å². The Morgan fingerprint density at radius 2 is 1.91 bits per heavy atom. The standard InChI is InChI=1S/C19H20ClFO2/c1-12-8-17(22)11-19(23-12)14-4-7-18(20)15(10-14)9-13-2-5-16(21)6-3-13/h2-7,10,12,17,19,22H,8-9,11H2,1H3/t12-,17+,19-/m1/s1. The number of rotatable bonds is 3. The van der Waals surface area contributed by atoms with Crippen molar-refractivity contribution in [1.82, 2.24) is 0 Å². The molecule has 1 saturated heterocycles. The lowest BCUT2D eigenvalue weighted by Gasteiger charge is -2.31. The number of ether oxygens (including phenoxy) is 1. The molecule has 0 saturated carbocycles. The molecule has 0 radical (unpaired) electrons. The molecule has 0 aliphatic carbocycles. The van der Waals surface area contributed by atoms with Gasteiger partial charge in [0.2, 0.25) is 0 Å². The molecule has 4 heteroatoms. The fraction of sp³-hybridized carbons (Fsp3) is 0.368. The molecule has 23 heavy (non-hydrogen) atoms. The molecule has 0 bridgehead atoms. The summed E-state index contributed by atoms with van der Waals surface area (Å²) >= 11 is 6.31. The van der Waals surface area contributed by atoms with Gasteiger partial charge in [-0.25, -0.2) is 4.39 Å². The van der Waals surface area contributed by atoms with Crippen LogP contribution in [0.25, 0.3) is 0 Å². The number of aliphatic hydroxyl groups is 1. The van der Waals surface area contributed by atoms with E-state index in [2.05, 4.69) is 0 Å². The van der Waals surface area contributed by atoms with Gasteiger partial charge in [-0.1, -0.05) is 35.9 Å². The van der Waals surface area contributed by atoms with E-state index < -0.39 is 0 Å². The lowest BCUT2D eigenvalue weighted by Crippen LogP contribution is -2.29. The van der Waals surface area contributed by atoms with Crippen molar-refractivity contribution in [2.45, 2.75) is 44.5 Å². The van der Waals surface area contributed by atoms with Crippen LogP contribution in [0.2, 0.25) is 5.02 Å². The number of hydrogen-bond acceptors (Lipinski definition) is 2. The van der Waals surface area contributed by atoms with Gasteiger partial charge in [0.1, 0.15) is 5.82 Å². The van der Waals surface area contributed by atoms with Crippen LogP contribution in [0.4, 0.5) is 4.39 Å². The molecule has 0 unspecified atom stereocenters. The van der Waals surface area contributed by atoms with E-state index in [9.17, 15) is 9.50 Å². The van der Waals surface area contributed by atoms with E-state index in [0.29, 0.717) is 24.3 Å². The Hall–Kier alpha value is -1.42. The number of hydrogen-bond donors (Lipinski definition) is 1. The van der Waals surface area contributed by atoms with Gasteiger partial charge in [0.15, 0.2) is 0 Å². The first-order valence-electron chi connectivity index (χ1n) is 7.87. The van der Waals surface area contributed by atoms with Crippen molar-refractivity contribution in [1.29, 1.82) is 0 Å². The lowest BCUT2D eigenvalue weighted by molar-refractivity contribution is -0.0895. The maximum atomic E-state index is 13.0. The molecule has 122 valence electrons. The van der Waals surface area contributed by atoms with Gasteiger partial charge in [0.25, 0.3) is 0 Å². The highest BCUT2D eigenvalue weighted by Crippen LogP contribution is 2.33. The highest BCUT2D eigenvalue weighted by atomic mass is 35.5. The Bertz CT molecular complexity index is 662. The van der Waals surface area contributed by atoms with Gasteiger partial charge in [-0.05, 0) is 54.7 Å². The average Bonchev–Trinajstić information content (AvgIpc) is 2.50. The van der Waals surface area contributed by atoms with E-state index in [0.717, 1.165) is 16.7 Å². The van der Waals surface area contributed by atoms with Crippen LogP contribution in [0.3, 0.4) is 0 Å². The third-order valence-corrected chi connectivity index (χ3v) is 4.60. The first-order chi connectivity index (χ1) is 11.0. The van der Waals surface area contributed by atoms with Crippen LogP contribution in [0.15, 0.2) is 42.5 Å². The van der Waals surface area contributed by atoms with Gasteiger partial charge < -0.3 is 9.84 Å². The topological polar surface area (TPSA) is 29.5 Å². The summed E-state index contributed by atoms with van der Waals surface area (Å²) in [6, 6.07) is 12.3. The summed E-state index contributed by atoms with van der Waals surface area (Å²) in [5.74, 6) is -0.243. The second-order valence-electron chi connectivity index (χ2n) is 6.21. The summed E-state index contributed by atoms with van der Waals surface area (Å²) < 4.78 is 19.0. The normalized spacial score (nSPS) is 24.6. The molecule has 1 N–H and O–H groups in total. The molecular formula is C19H20ClFO2. The van der Waals surface area contributed by atoms with Crippen molar-refractivity contribution >= 4 is 11.6 Å². The maximum Gasteiger partial charge on any atom is 0.123 e. The lowest BCUT2D eigenvalue weighted by atomic mass is 9.94. The third kappa shape index (κ3) is 4.11. The molecule has 0 amide bonds. The largest absolute Gasteiger partial charge is 0.393 e. The van der Waals surface area contributed by atoms with Crippen molar-refractivity contribution in [3.05, 3.63) is 70.0 Å². The minimum absolute atomic E-state index is 0.0416. The molecule has 1 aliphatic rings. The molecule has 2 aromatic carbocycles. The maximum absolute atomic E-state index is 13.0. The van der Waals surface area contributed by atoms with E-state index in [1.165, 1.54) is 12.1 Å². The molecule has 3 rings (SSSR count). The number of halogens is 2. The Labute approximate surface area is 140 Å². The molecule has 2 aromatic rings. The number of benzene rings is 2. The van der Waals surface area contributed by atoms with Gasteiger partial charge in [-0.15, -0.1) is 0 Å². The van der Waals surface area contributed by atoms with E-state index in [-0.39, 0.29) is 24.1 Å². The van der Waals surface area contributed by atoms with Crippen LogP contribution in [0, 0.1) is 5.82 Å². The zero-order valence-corrected chi connectivity index (χ0v) is 13.8. The smallest absolute Gasteiger partial charge is 0.123 e. The summed E-state index contributed by atoms with van der Waals surface area (Å²) in [4.78, 5) is 0. The van der Waals surface area contributed by atoms with Crippen LogP contribution in [-0.2, 0) is 11.2 Å². The van der Waals surface area contributed by atoms with Crippen molar-refractivity contribution in [3.63, 3.8) is 0 Å². The van der Waals surface area contributed by atoms with E-state index in [1.54, 1.807) is 12.1 Å². The van der Waals surface area contributed by atoms with E-state index in [1.807, 2.05) is 25.1 Å². The first-order valence-corrected chi connectivity index (χ1v) is 8.25. The highest BCUT2D eigenvalue weighted by molar-refractivity contribution is 6.31. The van der Waals surface area contributed by atoms with Crippen LogP contribution in [0.5, 0.6) is 0 Å². The summed E-state index contributed by atoms with van der Waals surface area (Å²) in [7, 11) is 0. The highest BCUT2D eigenvalue weighted by Gasteiger charge is 2.27. The second kappa shape index (κ2) is 7.00. The van der Waals surface area contributed by atoms with Crippen molar-refractivity contribution in [3.8, 4) is 0 Å². The molecule has 3 atom stereocenters. The molecule has 2 nitrogen and oxygen atoms in total. The van der Waals surface area contributed by atoms with Gasteiger partial charge in [0, 0.05) is 11.4 Å². The predicted molar refractivity (Wildman–Crippen MR) is 89.2 cm³/mol. The first kappa shape index (κ1) is 16.4. The van der Waals surface area contributed by atoms with Gasteiger partial charge in [-0.3, -0.25) is 0 Å². The second-order valence-corrected chi connectivity index (χ2v) is 6.62. The summed E-state index contributed by atoms with van der Waals surface area (Å²) in [5, 5.41) is 10.6. The average molecular weight is 335 g/mol. The molecule has 0 spiro atoms. The van der Waals surface area contributed by atoms with Crippen molar-refractivity contribution < 1.29 is 14.2 Å². The van der Waals surface area contributed by atoms with Crippen LogP contribution >= 0.6 is 11.6 Å². The summed E-state index contributed by atoms with van der Waals surface area (Å²) in [5.41, 5.74) is 3.01. The Balaban J connectivity index is 1.82. The van der Waals surface area contributed by atoms with Crippen LogP contribution < -0.4 is 0 Å². The Morgan fingerprint density at radius 1 is 1.17 bits per heavy atom. The minimum Gasteiger partial charge on any atom is -0.393 e. The van der Waals surface area contributed by atoms with Gasteiger partial charge in [-0.2, -0.15) is 0 Å². The molecule has 0 aromatic heterocycles. The van der Waals surface area contributed by atoms with Gasteiger partial charge in [0.05, 0.1) is 18.3 Å². The minimum atomic E-state index is -0.333. The zero-order chi connectivity index (χ0) is 16.4. The fourth-order valence-electron chi connectivity index (χ4n) is 3.09. The summed E-state index contributed by atoms with van der Waals surface area (Å²) in [6.45, 7) is 1.98. The van der Waals surface area contributed by atoms with E-state index >= 15 is 0 Å². The van der Waals surface area contributed by atoms with Gasteiger partial charge >= 0.3 is 0 Å². The molecule has 1 aliphatic heterocycles. The fourth-order valence-corrected chi connectivity index (χ4v) is 3.27. The number of aliphatic hydroxyl groups excluding tert-OH is 1.